The van der Waals surface area contributed by atoms with Crippen molar-refractivity contribution >= 4 is 18.6 Å². The van der Waals surface area contributed by atoms with Gasteiger partial charge in [0.05, 0.1) is 6.61 Å². The number of rotatable bonds is 7. The van der Waals surface area contributed by atoms with Gasteiger partial charge < -0.3 is 9.47 Å². The van der Waals surface area contributed by atoms with Crippen molar-refractivity contribution in [2.75, 3.05) is 19.8 Å². The average Bonchev–Trinajstić information content (AvgIpc) is 2.35. The molecule has 0 heterocycles. The molecule has 17 heavy (non-hydrogen) atoms. The molecule has 3 nitrogen and oxygen atoms in total. The lowest BCUT2D eigenvalue weighted by atomic mass is 10.1. The van der Waals surface area contributed by atoms with Crippen LogP contribution in [0, 0.1) is 0 Å². The standard InChI is InChI=1S/C13H18O3S/c1-2-15-8-9-16-13(14)12(17)10-11-6-4-3-5-7-11/h3-7,12,17H,2,8-10H2,1H3. The Hall–Kier alpha value is -1.00. The van der Waals surface area contributed by atoms with E-state index in [2.05, 4.69) is 12.6 Å². The largest absolute Gasteiger partial charge is 0.462 e. The topological polar surface area (TPSA) is 35.5 Å². The lowest BCUT2D eigenvalue weighted by Gasteiger charge is -2.10. The molecule has 0 saturated carbocycles. The SMILES string of the molecule is CCOCCOC(=O)C(S)Cc1ccccc1. The van der Waals surface area contributed by atoms with Gasteiger partial charge in [-0.05, 0) is 18.9 Å². The van der Waals surface area contributed by atoms with E-state index in [0.29, 0.717) is 26.2 Å². The van der Waals surface area contributed by atoms with E-state index in [1.54, 1.807) is 0 Å². The summed E-state index contributed by atoms with van der Waals surface area (Å²) >= 11 is 4.25. The minimum atomic E-state index is -0.418. The zero-order valence-corrected chi connectivity index (χ0v) is 10.9. The number of ether oxygens (including phenoxy) is 2. The van der Waals surface area contributed by atoms with Crippen molar-refractivity contribution in [3.8, 4) is 0 Å². The van der Waals surface area contributed by atoms with Crippen LogP contribution in [0.4, 0.5) is 0 Å². The quantitative estimate of drug-likeness (QED) is 0.460. The number of thiol groups is 1. The van der Waals surface area contributed by atoms with Crippen molar-refractivity contribution in [1.29, 1.82) is 0 Å². The normalized spacial score (nSPS) is 12.1. The summed E-state index contributed by atoms with van der Waals surface area (Å²) < 4.78 is 10.1. The molecule has 0 saturated heterocycles. The first kappa shape index (κ1) is 14.1. The minimum absolute atomic E-state index is 0.290. The van der Waals surface area contributed by atoms with Crippen molar-refractivity contribution in [2.24, 2.45) is 0 Å². The number of hydrogen-bond acceptors (Lipinski definition) is 4. The predicted molar refractivity (Wildman–Crippen MR) is 70.4 cm³/mol. The van der Waals surface area contributed by atoms with Gasteiger partial charge in [-0.2, -0.15) is 12.6 Å². The molecule has 0 spiro atoms. The Morgan fingerprint density at radius 2 is 2.00 bits per heavy atom. The van der Waals surface area contributed by atoms with Gasteiger partial charge in [0, 0.05) is 6.61 Å². The molecular weight excluding hydrogens is 236 g/mol. The highest BCUT2D eigenvalue weighted by molar-refractivity contribution is 7.81. The summed E-state index contributed by atoms with van der Waals surface area (Å²) in [7, 11) is 0. The van der Waals surface area contributed by atoms with E-state index in [4.69, 9.17) is 9.47 Å². The third kappa shape index (κ3) is 5.75. The lowest BCUT2D eigenvalue weighted by Crippen LogP contribution is -2.22. The molecule has 0 amide bonds. The van der Waals surface area contributed by atoms with Crippen molar-refractivity contribution in [3.05, 3.63) is 35.9 Å². The minimum Gasteiger partial charge on any atom is -0.462 e. The molecule has 1 aromatic carbocycles. The molecule has 0 aromatic heterocycles. The van der Waals surface area contributed by atoms with Gasteiger partial charge in [-0.1, -0.05) is 30.3 Å². The summed E-state index contributed by atoms with van der Waals surface area (Å²) in [5.41, 5.74) is 1.08. The van der Waals surface area contributed by atoms with Crippen LogP contribution < -0.4 is 0 Å². The molecular formula is C13H18O3S. The van der Waals surface area contributed by atoms with Gasteiger partial charge in [-0.3, -0.25) is 4.79 Å². The first-order valence-corrected chi connectivity index (χ1v) is 6.22. The molecule has 0 fully saturated rings. The fourth-order valence-corrected chi connectivity index (χ4v) is 1.65. The van der Waals surface area contributed by atoms with E-state index >= 15 is 0 Å². The Morgan fingerprint density at radius 1 is 1.29 bits per heavy atom. The summed E-state index contributed by atoms with van der Waals surface area (Å²) in [5.74, 6) is -0.295. The Bertz CT molecular complexity index is 327. The summed E-state index contributed by atoms with van der Waals surface area (Å²) in [4.78, 5) is 11.6. The van der Waals surface area contributed by atoms with Crippen molar-refractivity contribution in [3.63, 3.8) is 0 Å². The number of benzene rings is 1. The second kappa shape index (κ2) is 8.14. The number of carbonyl (C=O) groups is 1. The highest BCUT2D eigenvalue weighted by atomic mass is 32.1. The first-order valence-electron chi connectivity index (χ1n) is 5.70. The Kier molecular flexibility index (Phi) is 6.74. The number of esters is 1. The zero-order chi connectivity index (χ0) is 12.5. The van der Waals surface area contributed by atoms with Crippen LogP contribution in [0.3, 0.4) is 0 Å². The van der Waals surface area contributed by atoms with E-state index in [1.165, 1.54) is 0 Å². The fraction of sp³-hybridized carbons (Fsp3) is 0.462. The highest BCUT2D eigenvalue weighted by Crippen LogP contribution is 2.09. The Balaban J connectivity index is 2.27. The van der Waals surface area contributed by atoms with Gasteiger partial charge in [0.1, 0.15) is 11.9 Å². The molecule has 0 aliphatic rings. The Labute approximate surface area is 108 Å². The summed E-state index contributed by atoms with van der Waals surface area (Å²) in [6, 6.07) is 9.76. The van der Waals surface area contributed by atoms with E-state index in [9.17, 15) is 4.79 Å². The van der Waals surface area contributed by atoms with Crippen molar-refractivity contribution in [1.82, 2.24) is 0 Å². The second-order valence-corrected chi connectivity index (χ2v) is 4.19. The lowest BCUT2D eigenvalue weighted by molar-refractivity contribution is -0.144. The van der Waals surface area contributed by atoms with Gasteiger partial charge in [-0.15, -0.1) is 0 Å². The van der Waals surface area contributed by atoms with E-state index < -0.39 is 5.25 Å². The summed E-state index contributed by atoms with van der Waals surface area (Å²) in [6.45, 7) is 3.26. The maximum Gasteiger partial charge on any atom is 0.319 e. The van der Waals surface area contributed by atoms with Gasteiger partial charge in [0.15, 0.2) is 0 Å². The molecule has 0 bridgehead atoms. The molecule has 0 N–H and O–H groups in total. The molecule has 0 aliphatic heterocycles. The molecule has 1 rings (SSSR count). The van der Waals surface area contributed by atoms with Crippen LogP contribution in [0.5, 0.6) is 0 Å². The number of hydrogen-bond donors (Lipinski definition) is 1. The van der Waals surface area contributed by atoms with Crippen molar-refractivity contribution in [2.45, 2.75) is 18.6 Å². The van der Waals surface area contributed by atoms with E-state index in [1.807, 2.05) is 37.3 Å². The Morgan fingerprint density at radius 3 is 2.65 bits per heavy atom. The first-order chi connectivity index (χ1) is 8.24. The highest BCUT2D eigenvalue weighted by Gasteiger charge is 2.15. The number of carbonyl (C=O) groups excluding carboxylic acids is 1. The third-order valence-electron chi connectivity index (χ3n) is 2.22. The smallest absolute Gasteiger partial charge is 0.319 e. The fourth-order valence-electron chi connectivity index (χ4n) is 1.36. The summed E-state index contributed by atoms with van der Waals surface area (Å²) in [6.07, 6.45) is 0.581. The van der Waals surface area contributed by atoms with Crippen LogP contribution in [0.2, 0.25) is 0 Å². The molecule has 1 aromatic rings. The van der Waals surface area contributed by atoms with Crippen LogP contribution in [0.1, 0.15) is 12.5 Å². The van der Waals surface area contributed by atoms with Crippen molar-refractivity contribution < 1.29 is 14.3 Å². The van der Waals surface area contributed by atoms with Gasteiger partial charge in [-0.25, -0.2) is 0 Å². The zero-order valence-electron chi connectivity index (χ0n) is 9.96. The van der Waals surface area contributed by atoms with Crippen LogP contribution in [-0.4, -0.2) is 31.0 Å². The van der Waals surface area contributed by atoms with Crippen LogP contribution in [0.15, 0.2) is 30.3 Å². The van der Waals surface area contributed by atoms with E-state index in [-0.39, 0.29) is 5.97 Å². The maximum absolute atomic E-state index is 11.6. The third-order valence-corrected chi connectivity index (χ3v) is 2.61. The summed E-state index contributed by atoms with van der Waals surface area (Å²) in [5, 5.41) is -0.418. The predicted octanol–water partition coefficient (Wildman–Crippen LogP) is 2.11. The van der Waals surface area contributed by atoms with Gasteiger partial charge in [0.25, 0.3) is 0 Å². The van der Waals surface area contributed by atoms with Crippen LogP contribution in [0.25, 0.3) is 0 Å². The molecule has 4 heteroatoms. The molecule has 1 unspecified atom stereocenters. The average molecular weight is 254 g/mol. The van der Waals surface area contributed by atoms with Crippen LogP contribution >= 0.6 is 12.6 Å². The maximum atomic E-state index is 11.6. The molecule has 1 atom stereocenters. The van der Waals surface area contributed by atoms with Gasteiger partial charge >= 0.3 is 5.97 Å². The molecule has 94 valence electrons. The van der Waals surface area contributed by atoms with Gasteiger partial charge in [0.2, 0.25) is 0 Å². The molecule has 0 aliphatic carbocycles. The van der Waals surface area contributed by atoms with E-state index in [0.717, 1.165) is 5.56 Å². The monoisotopic (exact) mass is 254 g/mol. The molecule has 0 radical (unpaired) electrons. The van der Waals surface area contributed by atoms with Crippen LogP contribution in [-0.2, 0) is 20.7 Å². The second-order valence-electron chi connectivity index (χ2n) is 3.57.